The molecule has 26 heavy (non-hydrogen) atoms. The van der Waals surface area contributed by atoms with Crippen molar-refractivity contribution in [1.82, 2.24) is 10.1 Å². The van der Waals surface area contributed by atoms with E-state index in [1.165, 1.54) is 0 Å². The van der Waals surface area contributed by atoms with Gasteiger partial charge in [-0.15, -0.1) is 0 Å². The fourth-order valence-electron chi connectivity index (χ4n) is 3.25. The molecule has 3 rings (SSSR count). The Morgan fingerprint density at radius 2 is 1.96 bits per heavy atom. The number of rotatable bonds is 6. The number of hydrogen-bond donors (Lipinski definition) is 0. The van der Waals surface area contributed by atoms with Crippen molar-refractivity contribution in [2.24, 2.45) is 0 Å². The summed E-state index contributed by atoms with van der Waals surface area (Å²) in [6, 6.07) is 10.1. The van der Waals surface area contributed by atoms with Crippen LogP contribution in [0.1, 0.15) is 32.8 Å². The van der Waals surface area contributed by atoms with Crippen molar-refractivity contribution in [2.45, 2.75) is 39.8 Å². The average molecular weight is 357 g/mol. The van der Waals surface area contributed by atoms with Crippen molar-refractivity contribution in [2.75, 3.05) is 31.2 Å². The van der Waals surface area contributed by atoms with Crippen molar-refractivity contribution in [3.05, 3.63) is 35.9 Å². The molecular weight excluding hydrogens is 330 g/mol. The highest BCUT2D eigenvalue weighted by molar-refractivity contribution is 5.75. The van der Waals surface area contributed by atoms with Crippen LogP contribution >= 0.6 is 0 Å². The lowest BCUT2D eigenvalue weighted by Crippen LogP contribution is -2.39. The van der Waals surface area contributed by atoms with Crippen LogP contribution in [0.2, 0.25) is 0 Å². The van der Waals surface area contributed by atoms with Crippen LogP contribution in [-0.4, -0.2) is 48.3 Å². The van der Waals surface area contributed by atoms with E-state index in [9.17, 15) is 4.79 Å². The van der Waals surface area contributed by atoms with Gasteiger partial charge in [0, 0.05) is 31.6 Å². The first kappa shape index (κ1) is 18.5. The molecule has 1 aromatic heterocycles. The van der Waals surface area contributed by atoms with E-state index >= 15 is 0 Å². The first-order valence-corrected chi connectivity index (χ1v) is 9.25. The molecule has 1 atom stereocenters. The minimum absolute atomic E-state index is 0.0625. The smallest absolute Gasteiger partial charge is 0.233 e. The maximum atomic E-state index is 12.2. The highest BCUT2D eigenvalue weighted by Crippen LogP contribution is 2.33. The molecule has 1 aliphatic heterocycles. The number of nitrogens with zero attached hydrogens (tertiary/aromatic N) is 3. The van der Waals surface area contributed by atoms with Gasteiger partial charge in [0.25, 0.3) is 0 Å². The zero-order chi connectivity index (χ0) is 18.5. The number of benzene rings is 1. The van der Waals surface area contributed by atoms with Gasteiger partial charge < -0.3 is 19.1 Å². The van der Waals surface area contributed by atoms with E-state index in [2.05, 4.69) is 23.9 Å². The molecule has 0 radical (unpaired) electrons. The average Bonchev–Trinajstić information content (AvgIpc) is 3.10. The predicted molar refractivity (Wildman–Crippen MR) is 101 cm³/mol. The number of ether oxygens (including phenoxy) is 1. The summed E-state index contributed by atoms with van der Waals surface area (Å²) >= 11 is 0. The second kappa shape index (κ2) is 8.36. The zero-order valence-electron chi connectivity index (χ0n) is 15.8. The molecule has 2 heterocycles. The maximum absolute atomic E-state index is 12.2. The van der Waals surface area contributed by atoms with Gasteiger partial charge in [-0.25, -0.2) is 0 Å². The molecule has 1 fully saturated rings. The Morgan fingerprint density at radius 1 is 1.27 bits per heavy atom. The van der Waals surface area contributed by atoms with Gasteiger partial charge in [0.2, 0.25) is 11.8 Å². The molecule has 0 saturated carbocycles. The van der Waals surface area contributed by atoms with E-state index in [0.717, 1.165) is 42.2 Å². The molecule has 1 aliphatic rings. The van der Waals surface area contributed by atoms with Gasteiger partial charge >= 0.3 is 0 Å². The Kier molecular flexibility index (Phi) is 5.93. The van der Waals surface area contributed by atoms with Crippen LogP contribution in [0.5, 0.6) is 0 Å². The number of hydrogen-bond acceptors (Lipinski definition) is 5. The van der Waals surface area contributed by atoms with E-state index in [1.54, 1.807) is 6.92 Å². The van der Waals surface area contributed by atoms with Gasteiger partial charge in [-0.3, -0.25) is 4.79 Å². The number of amides is 1. The Balaban J connectivity index is 2.01. The van der Waals surface area contributed by atoms with Crippen molar-refractivity contribution < 1.29 is 14.1 Å². The van der Waals surface area contributed by atoms with Crippen molar-refractivity contribution in [3.8, 4) is 11.3 Å². The minimum Gasteiger partial charge on any atom is -0.378 e. The lowest BCUT2D eigenvalue weighted by Gasteiger charge is -2.30. The molecule has 1 amide bonds. The summed E-state index contributed by atoms with van der Waals surface area (Å²) in [5.74, 6) is 0.814. The molecule has 0 bridgehead atoms. The van der Waals surface area contributed by atoms with Crippen molar-refractivity contribution >= 4 is 11.8 Å². The molecule has 1 saturated heterocycles. The fraction of sp³-hybridized carbons (Fsp3) is 0.500. The van der Waals surface area contributed by atoms with Crippen LogP contribution in [0.4, 0.5) is 5.88 Å². The predicted octanol–water partition coefficient (Wildman–Crippen LogP) is 3.33. The Hall–Kier alpha value is -2.34. The summed E-state index contributed by atoms with van der Waals surface area (Å²) in [6.07, 6.45) is 0.901. The maximum Gasteiger partial charge on any atom is 0.233 e. The third-order valence-corrected chi connectivity index (χ3v) is 4.97. The fourth-order valence-corrected chi connectivity index (χ4v) is 3.25. The van der Waals surface area contributed by atoms with Crippen LogP contribution in [0.25, 0.3) is 11.3 Å². The Labute approximate surface area is 154 Å². The molecule has 1 aromatic carbocycles. The second-order valence-electron chi connectivity index (χ2n) is 6.68. The lowest BCUT2D eigenvalue weighted by molar-refractivity contribution is -0.131. The van der Waals surface area contributed by atoms with Crippen LogP contribution in [0.3, 0.4) is 0 Å². The summed E-state index contributed by atoms with van der Waals surface area (Å²) in [4.78, 5) is 16.3. The first-order valence-electron chi connectivity index (χ1n) is 9.25. The lowest BCUT2D eigenvalue weighted by atomic mass is 10.1. The molecule has 2 aromatic rings. The quantitative estimate of drug-likeness (QED) is 0.794. The molecule has 0 spiro atoms. The molecule has 0 aliphatic carbocycles. The van der Waals surface area contributed by atoms with Gasteiger partial charge in [0.1, 0.15) is 5.69 Å². The topological polar surface area (TPSA) is 58.8 Å². The molecule has 6 heteroatoms. The number of carbonyl (C=O) groups is 1. The number of carbonyl (C=O) groups excluding carboxylic acids is 1. The summed E-state index contributed by atoms with van der Waals surface area (Å²) in [6.45, 7) is 9.15. The Bertz CT molecular complexity index is 723. The van der Waals surface area contributed by atoms with Crippen LogP contribution in [-0.2, 0) is 16.1 Å². The van der Waals surface area contributed by atoms with Gasteiger partial charge in [-0.05, 0) is 13.3 Å². The van der Waals surface area contributed by atoms with Crippen LogP contribution in [0.15, 0.2) is 34.9 Å². The van der Waals surface area contributed by atoms with Crippen molar-refractivity contribution in [1.29, 1.82) is 0 Å². The second-order valence-corrected chi connectivity index (χ2v) is 6.68. The molecular formula is C20H27N3O3. The highest BCUT2D eigenvalue weighted by Gasteiger charge is 2.27. The van der Waals surface area contributed by atoms with E-state index in [1.807, 2.05) is 35.2 Å². The minimum atomic E-state index is 0.0625. The van der Waals surface area contributed by atoms with Crippen LogP contribution < -0.4 is 4.90 Å². The largest absolute Gasteiger partial charge is 0.378 e. The first-order chi connectivity index (χ1) is 12.6. The van der Waals surface area contributed by atoms with E-state index in [-0.39, 0.29) is 11.9 Å². The van der Waals surface area contributed by atoms with Gasteiger partial charge in [0.05, 0.1) is 25.3 Å². The summed E-state index contributed by atoms with van der Waals surface area (Å²) in [5, 5.41) is 4.36. The monoisotopic (exact) mass is 357 g/mol. The summed E-state index contributed by atoms with van der Waals surface area (Å²) < 4.78 is 11.2. The molecule has 6 nitrogen and oxygen atoms in total. The van der Waals surface area contributed by atoms with Crippen molar-refractivity contribution in [3.63, 3.8) is 0 Å². The number of anilines is 1. The molecule has 0 N–H and O–H groups in total. The standard InChI is InChI=1S/C20H27N3O3/c1-4-15(2)23(16(3)24)14-18-19(17-8-6-5-7-9-17)21-26-20(18)22-10-12-25-13-11-22/h5-9,15H,4,10-14H2,1-3H3. The summed E-state index contributed by atoms with van der Waals surface area (Å²) in [5.41, 5.74) is 2.77. The molecule has 1 unspecified atom stereocenters. The van der Waals surface area contributed by atoms with E-state index < -0.39 is 0 Å². The third kappa shape index (κ3) is 3.90. The van der Waals surface area contributed by atoms with Gasteiger partial charge in [-0.2, -0.15) is 0 Å². The normalized spacial score (nSPS) is 15.7. The van der Waals surface area contributed by atoms with Gasteiger partial charge in [0.15, 0.2) is 0 Å². The third-order valence-electron chi connectivity index (χ3n) is 4.97. The van der Waals surface area contributed by atoms with E-state index in [0.29, 0.717) is 19.8 Å². The summed E-state index contributed by atoms with van der Waals surface area (Å²) in [7, 11) is 0. The zero-order valence-corrected chi connectivity index (χ0v) is 15.8. The Morgan fingerprint density at radius 3 is 2.58 bits per heavy atom. The number of morpholine rings is 1. The van der Waals surface area contributed by atoms with Crippen LogP contribution in [0, 0.1) is 0 Å². The SMILES string of the molecule is CCC(C)N(Cc1c(-c2ccccc2)noc1N1CCOCC1)C(C)=O. The molecule has 140 valence electrons. The highest BCUT2D eigenvalue weighted by atomic mass is 16.5. The van der Waals surface area contributed by atoms with E-state index in [4.69, 9.17) is 9.26 Å². The number of aromatic nitrogens is 1. The van der Waals surface area contributed by atoms with Gasteiger partial charge in [-0.1, -0.05) is 42.4 Å².